The van der Waals surface area contributed by atoms with Crippen LogP contribution < -0.4 is 24.2 Å². The van der Waals surface area contributed by atoms with Gasteiger partial charge in [-0.3, -0.25) is 0 Å². The molecule has 0 saturated heterocycles. The van der Waals surface area contributed by atoms with Gasteiger partial charge in [0, 0.05) is 0 Å². The van der Waals surface area contributed by atoms with E-state index in [0.29, 0.717) is 0 Å². The molecular weight excluding hydrogens is 122 g/mol. The van der Waals surface area contributed by atoms with Crippen LogP contribution in [0.3, 0.4) is 0 Å². The van der Waals surface area contributed by atoms with Crippen LogP contribution in [0, 0.1) is 0 Å². The van der Waals surface area contributed by atoms with Crippen molar-refractivity contribution in [1.29, 1.82) is 0 Å². The van der Waals surface area contributed by atoms with Crippen molar-refractivity contribution in [3.8, 4) is 0 Å². The first-order valence-electron chi connectivity index (χ1n) is 2.66. The number of rotatable bonds is 1. The van der Waals surface area contributed by atoms with Crippen LogP contribution in [0.2, 0.25) is 0 Å². The van der Waals surface area contributed by atoms with Gasteiger partial charge in [0.05, 0.1) is 0 Å². The summed E-state index contributed by atoms with van der Waals surface area (Å²) in [4.78, 5) is 0. The Morgan fingerprint density at radius 1 is 1.22 bits per heavy atom. The molecule has 0 radical (unpaired) electrons. The molecule has 0 nitrogen and oxygen atoms in total. The third-order valence-corrected chi connectivity index (χ3v) is 1.97. The van der Waals surface area contributed by atoms with Crippen LogP contribution in [0.25, 0.3) is 0 Å². The number of hydrogen-bond donors (Lipinski definition) is 0. The van der Waals surface area contributed by atoms with E-state index in [0.717, 1.165) is 8.58 Å². The number of hydrogen-bond acceptors (Lipinski definition) is 0. The molecule has 44 valence electrons. The smallest absolute Gasteiger partial charge is 1.00 e. The van der Waals surface area contributed by atoms with Gasteiger partial charge >= 0.3 is 18.9 Å². The third-order valence-electron chi connectivity index (χ3n) is 1.06. The largest absolute Gasteiger partial charge is 1.00 e. The SMILES string of the molecule is CPc1ccccc1.[H-].[Li+]. The molecule has 0 aliphatic carbocycles. The first-order valence-corrected chi connectivity index (χ1v) is 4.16. The summed E-state index contributed by atoms with van der Waals surface area (Å²) in [6.07, 6.45) is 0. The molecular formula is C7H10LiP. The Labute approximate surface area is 71.5 Å². The van der Waals surface area contributed by atoms with Gasteiger partial charge in [0.25, 0.3) is 0 Å². The molecule has 1 unspecified atom stereocenters. The Morgan fingerprint density at radius 3 is 2.11 bits per heavy atom. The van der Waals surface area contributed by atoms with E-state index in [4.69, 9.17) is 0 Å². The molecule has 0 aliphatic heterocycles. The molecule has 1 aromatic rings. The van der Waals surface area contributed by atoms with Crippen LogP contribution in [0.5, 0.6) is 0 Å². The quantitative estimate of drug-likeness (QED) is 0.330. The second-order valence-electron chi connectivity index (χ2n) is 1.62. The van der Waals surface area contributed by atoms with Crippen molar-refractivity contribution in [2.75, 3.05) is 6.66 Å². The normalized spacial score (nSPS) is 9.44. The minimum absolute atomic E-state index is 0. The molecule has 0 aromatic heterocycles. The van der Waals surface area contributed by atoms with E-state index in [1.54, 1.807) is 0 Å². The van der Waals surface area contributed by atoms with Crippen LogP contribution in [0.1, 0.15) is 1.43 Å². The monoisotopic (exact) mass is 132 g/mol. The Hall–Kier alpha value is 0.247. The van der Waals surface area contributed by atoms with Crippen LogP contribution in [-0.4, -0.2) is 6.66 Å². The predicted octanol–water partition coefficient (Wildman–Crippen LogP) is -1.26. The molecule has 1 atom stereocenters. The zero-order chi connectivity index (χ0) is 5.82. The molecule has 0 heterocycles. The van der Waals surface area contributed by atoms with Crippen molar-refractivity contribution in [1.82, 2.24) is 0 Å². The summed E-state index contributed by atoms with van der Waals surface area (Å²) in [5.41, 5.74) is 0. The minimum Gasteiger partial charge on any atom is -1.00 e. The zero-order valence-corrected chi connectivity index (χ0v) is 6.89. The molecule has 9 heavy (non-hydrogen) atoms. The maximum Gasteiger partial charge on any atom is 1.00 e. The molecule has 0 fully saturated rings. The summed E-state index contributed by atoms with van der Waals surface area (Å²) in [5.74, 6) is 0. The van der Waals surface area contributed by atoms with Crippen molar-refractivity contribution in [3.05, 3.63) is 30.3 Å². The van der Waals surface area contributed by atoms with Gasteiger partial charge in [-0.2, -0.15) is 0 Å². The standard InChI is InChI=1S/C7H9P.Li.H/c1-8-7-5-3-2-4-6-7;;/h2-6,8H,1H3;;/q;+1;-1. The van der Waals surface area contributed by atoms with E-state index in [1.807, 2.05) is 6.07 Å². The van der Waals surface area contributed by atoms with Gasteiger partial charge in [-0.1, -0.05) is 38.9 Å². The first-order chi connectivity index (χ1) is 3.93. The van der Waals surface area contributed by atoms with Crippen molar-refractivity contribution in [2.45, 2.75) is 0 Å². The topological polar surface area (TPSA) is 0 Å². The van der Waals surface area contributed by atoms with E-state index in [2.05, 4.69) is 30.9 Å². The van der Waals surface area contributed by atoms with E-state index < -0.39 is 0 Å². The molecule has 2 heteroatoms. The van der Waals surface area contributed by atoms with E-state index in [1.165, 1.54) is 5.30 Å². The summed E-state index contributed by atoms with van der Waals surface area (Å²) in [5, 5.41) is 1.44. The summed E-state index contributed by atoms with van der Waals surface area (Å²) >= 11 is 0. The molecule has 0 aliphatic rings. The van der Waals surface area contributed by atoms with Crippen LogP contribution in [-0.2, 0) is 0 Å². The van der Waals surface area contributed by atoms with Gasteiger partial charge in [0.15, 0.2) is 0 Å². The van der Waals surface area contributed by atoms with Crippen molar-refractivity contribution in [2.24, 2.45) is 0 Å². The molecule has 0 spiro atoms. The van der Waals surface area contributed by atoms with Gasteiger partial charge in [-0.15, -0.1) is 0 Å². The summed E-state index contributed by atoms with van der Waals surface area (Å²) in [6, 6.07) is 10.5. The molecule has 0 bridgehead atoms. The fourth-order valence-corrected chi connectivity index (χ4v) is 1.13. The maximum absolute atomic E-state index is 2.19. The van der Waals surface area contributed by atoms with Crippen LogP contribution in [0.4, 0.5) is 0 Å². The van der Waals surface area contributed by atoms with E-state index in [-0.39, 0.29) is 20.3 Å². The minimum atomic E-state index is 0. The predicted molar refractivity (Wildman–Crippen MR) is 41.4 cm³/mol. The molecule has 0 N–H and O–H groups in total. The second kappa shape index (κ2) is 5.07. The maximum atomic E-state index is 2.19. The summed E-state index contributed by atoms with van der Waals surface area (Å²) in [7, 11) is 0.930. The Kier molecular flexibility index (Phi) is 5.20. The van der Waals surface area contributed by atoms with Crippen molar-refractivity contribution >= 4 is 13.9 Å². The van der Waals surface area contributed by atoms with E-state index >= 15 is 0 Å². The van der Waals surface area contributed by atoms with Gasteiger partial charge in [-0.05, 0) is 12.0 Å². The Balaban J connectivity index is 0. The zero-order valence-electron chi connectivity index (χ0n) is 6.89. The number of benzene rings is 1. The summed E-state index contributed by atoms with van der Waals surface area (Å²) in [6.45, 7) is 2.19. The second-order valence-corrected chi connectivity index (χ2v) is 2.69. The Morgan fingerprint density at radius 2 is 1.78 bits per heavy atom. The third kappa shape index (κ3) is 3.07. The van der Waals surface area contributed by atoms with Gasteiger partial charge in [0.1, 0.15) is 0 Å². The first kappa shape index (κ1) is 9.25. The van der Waals surface area contributed by atoms with Gasteiger partial charge < -0.3 is 1.43 Å². The molecule has 0 amide bonds. The van der Waals surface area contributed by atoms with Crippen LogP contribution in [0.15, 0.2) is 30.3 Å². The summed E-state index contributed by atoms with van der Waals surface area (Å²) < 4.78 is 0. The fraction of sp³-hybridized carbons (Fsp3) is 0.143. The Bertz CT molecular complexity index is 155. The van der Waals surface area contributed by atoms with E-state index in [9.17, 15) is 0 Å². The van der Waals surface area contributed by atoms with Crippen LogP contribution >= 0.6 is 8.58 Å². The van der Waals surface area contributed by atoms with Crippen molar-refractivity contribution < 1.29 is 20.3 Å². The fourth-order valence-electron chi connectivity index (χ4n) is 0.605. The van der Waals surface area contributed by atoms with Gasteiger partial charge in [0.2, 0.25) is 0 Å². The molecule has 0 saturated carbocycles. The molecule has 1 rings (SSSR count). The van der Waals surface area contributed by atoms with Gasteiger partial charge in [-0.25, -0.2) is 0 Å². The average molecular weight is 132 g/mol. The van der Waals surface area contributed by atoms with Crippen molar-refractivity contribution in [3.63, 3.8) is 0 Å². The average Bonchev–Trinajstić information content (AvgIpc) is 1.90. The molecule has 1 aromatic carbocycles.